The van der Waals surface area contributed by atoms with Crippen LogP contribution in [0.2, 0.25) is 0 Å². The minimum Gasteiger partial charge on any atom is -0.497 e. The number of methoxy groups -OCH3 is 1. The molecule has 5 heteroatoms. The van der Waals surface area contributed by atoms with Gasteiger partial charge in [-0.15, -0.1) is 0 Å². The van der Waals surface area contributed by atoms with Gasteiger partial charge in [0.05, 0.1) is 31.4 Å². The van der Waals surface area contributed by atoms with Crippen molar-refractivity contribution in [2.45, 2.75) is 38.5 Å². The lowest BCUT2D eigenvalue weighted by molar-refractivity contribution is 0.0611. The number of benzene rings is 1. The van der Waals surface area contributed by atoms with Crippen LogP contribution in [0.15, 0.2) is 30.7 Å². The maximum absolute atomic E-state index is 10.4. The summed E-state index contributed by atoms with van der Waals surface area (Å²) in [6.07, 6.45) is 3.37. The summed E-state index contributed by atoms with van der Waals surface area (Å²) < 4.78 is 13.3. The number of aliphatic hydroxyl groups is 1. The van der Waals surface area contributed by atoms with Crippen molar-refractivity contribution in [3.8, 4) is 11.5 Å². The standard InChI is InChI=1S/C16H20N2O3/c1-10(2)18-9-17-8-13(18)16-7-14(19)12-6-11(20-3)4-5-15(12)21-16/h4-6,8-10,14,16,19H,7H2,1-3H3/t14-,16?/m1/s1. The van der Waals surface area contributed by atoms with Crippen molar-refractivity contribution in [1.29, 1.82) is 0 Å². The van der Waals surface area contributed by atoms with Gasteiger partial charge in [-0.3, -0.25) is 0 Å². The Bertz CT molecular complexity index is 636. The highest BCUT2D eigenvalue weighted by atomic mass is 16.5. The summed E-state index contributed by atoms with van der Waals surface area (Å²) in [4.78, 5) is 4.21. The molecule has 5 nitrogen and oxygen atoms in total. The molecular weight excluding hydrogens is 268 g/mol. The largest absolute Gasteiger partial charge is 0.497 e. The van der Waals surface area contributed by atoms with Crippen LogP contribution in [0, 0.1) is 0 Å². The average molecular weight is 288 g/mol. The van der Waals surface area contributed by atoms with E-state index < -0.39 is 6.10 Å². The first kappa shape index (κ1) is 13.9. The fourth-order valence-electron chi connectivity index (χ4n) is 2.73. The molecule has 0 aliphatic carbocycles. The van der Waals surface area contributed by atoms with Gasteiger partial charge in [-0.2, -0.15) is 0 Å². The first-order valence-electron chi connectivity index (χ1n) is 7.14. The highest BCUT2D eigenvalue weighted by Gasteiger charge is 2.30. The highest BCUT2D eigenvalue weighted by Crippen LogP contribution is 2.42. The van der Waals surface area contributed by atoms with Crippen molar-refractivity contribution >= 4 is 0 Å². The predicted octanol–water partition coefficient (Wildman–Crippen LogP) is 3.03. The lowest BCUT2D eigenvalue weighted by atomic mass is 9.97. The fraction of sp³-hybridized carbons (Fsp3) is 0.438. The summed E-state index contributed by atoms with van der Waals surface area (Å²) in [7, 11) is 1.61. The molecule has 112 valence electrons. The molecular formula is C16H20N2O3. The van der Waals surface area contributed by atoms with Gasteiger partial charge in [-0.25, -0.2) is 4.98 Å². The van der Waals surface area contributed by atoms with Crippen molar-refractivity contribution in [1.82, 2.24) is 9.55 Å². The maximum atomic E-state index is 10.4. The molecule has 1 unspecified atom stereocenters. The molecule has 0 saturated heterocycles. The number of fused-ring (bicyclic) bond motifs is 1. The molecule has 3 rings (SSSR count). The van der Waals surface area contributed by atoms with Gasteiger partial charge in [0.2, 0.25) is 0 Å². The lowest BCUT2D eigenvalue weighted by Gasteiger charge is -2.30. The van der Waals surface area contributed by atoms with Crippen molar-refractivity contribution in [3.63, 3.8) is 0 Å². The molecule has 0 spiro atoms. The molecule has 2 atom stereocenters. The van der Waals surface area contributed by atoms with Gasteiger partial charge < -0.3 is 19.1 Å². The van der Waals surface area contributed by atoms with Gasteiger partial charge in [0.1, 0.15) is 17.6 Å². The van der Waals surface area contributed by atoms with Crippen LogP contribution in [0.5, 0.6) is 11.5 Å². The van der Waals surface area contributed by atoms with Gasteiger partial charge in [-0.1, -0.05) is 0 Å². The van der Waals surface area contributed by atoms with Crippen LogP contribution in [-0.2, 0) is 0 Å². The number of aliphatic hydroxyl groups excluding tert-OH is 1. The third kappa shape index (κ3) is 2.49. The van der Waals surface area contributed by atoms with Gasteiger partial charge >= 0.3 is 0 Å². The number of imidazole rings is 1. The molecule has 1 aliphatic heterocycles. The predicted molar refractivity (Wildman–Crippen MR) is 78.6 cm³/mol. The van der Waals surface area contributed by atoms with Crippen molar-refractivity contribution < 1.29 is 14.6 Å². The van der Waals surface area contributed by atoms with Crippen molar-refractivity contribution in [2.24, 2.45) is 0 Å². The summed E-state index contributed by atoms with van der Waals surface area (Å²) in [6.45, 7) is 4.20. The fourth-order valence-corrected chi connectivity index (χ4v) is 2.73. The van der Waals surface area contributed by atoms with E-state index in [4.69, 9.17) is 9.47 Å². The molecule has 1 aromatic carbocycles. The number of aromatic nitrogens is 2. The number of ether oxygens (including phenoxy) is 2. The lowest BCUT2D eigenvalue weighted by Crippen LogP contribution is -2.22. The Labute approximate surface area is 124 Å². The molecule has 0 saturated carbocycles. The van der Waals surface area contributed by atoms with Crippen LogP contribution in [0.25, 0.3) is 0 Å². The molecule has 21 heavy (non-hydrogen) atoms. The summed E-state index contributed by atoms with van der Waals surface area (Å²) in [5, 5.41) is 10.4. The van der Waals surface area contributed by atoms with Gasteiger partial charge in [0.25, 0.3) is 0 Å². The van der Waals surface area contributed by atoms with Crippen molar-refractivity contribution in [3.05, 3.63) is 42.0 Å². The summed E-state index contributed by atoms with van der Waals surface area (Å²) in [6, 6.07) is 5.82. The monoisotopic (exact) mass is 288 g/mol. The van der Waals surface area contributed by atoms with Crippen LogP contribution in [0.1, 0.15) is 49.8 Å². The quantitative estimate of drug-likeness (QED) is 0.943. The second kappa shape index (κ2) is 5.41. The van der Waals surface area contributed by atoms with Gasteiger partial charge in [0.15, 0.2) is 0 Å². The van der Waals surface area contributed by atoms with E-state index in [1.165, 1.54) is 0 Å². The number of hydrogen-bond donors (Lipinski definition) is 1. The third-order valence-electron chi connectivity index (χ3n) is 3.86. The van der Waals surface area contributed by atoms with Crippen LogP contribution >= 0.6 is 0 Å². The van der Waals surface area contributed by atoms with E-state index in [2.05, 4.69) is 23.4 Å². The van der Waals surface area contributed by atoms with E-state index in [0.717, 1.165) is 17.0 Å². The van der Waals surface area contributed by atoms with E-state index in [-0.39, 0.29) is 6.10 Å². The molecule has 0 amide bonds. The Morgan fingerprint density at radius 2 is 2.24 bits per heavy atom. The minimum atomic E-state index is -0.565. The van der Waals surface area contributed by atoms with E-state index >= 15 is 0 Å². The number of rotatable bonds is 3. The van der Waals surface area contributed by atoms with E-state index in [0.29, 0.717) is 18.2 Å². The Kier molecular flexibility index (Phi) is 3.59. The number of nitrogens with zero attached hydrogens (tertiary/aromatic N) is 2. The second-order valence-corrected chi connectivity index (χ2v) is 5.58. The smallest absolute Gasteiger partial charge is 0.143 e. The molecule has 2 aromatic rings. The zero-order valence-corrected chi connectivity index (χ0v) is 12.5. The Morgan fingerprint density at radius 3 is 2.95 bits per heavy atom. The topological polar surface area (TPSA) is 56.5 Å². The Hall–Kier alpha value is -2.01. The zero-order chi connectivity index (χ0) is 15.0. The average Bonchev–Trinajstić information content (AvgIpc) is 2.96. The van der Waals surface area contributed by atoms with Crippen LogP contribution in [0.3, 0.4) is 0 Å². The highest BCUT2D eigenvalue weighted by molar-refractivity contribution is 5.43. The molecule has 2 heterocycles. The van der Waals surface area contributed by atoms with Crippen molar-refractivity contribution in [2.75, 3.05) is 7.11 Å². The molecule has 1 N–H and O–H groups in total. The molecule has 0 bridgehead atoms. The molecule has 1 aliphatic rings. The van der Waals surface area contributed by atoms with E-state index in [9.17, 15) is 5.11 Å². The zero-order valence-electron chi connectivity index (χ0n) is 12.5. The third-order valence-corrected chi connectivity index (χ3v) is 3.86. The number of hydrogen-bond acceptors (Lipinski definition) is 4. The SMILES string of the molecule is COc1ccc2c(c1)[C@H](O)CC(c1cncn1C(C)C)O2. The van der Waals surface area contributed by atoms with Crippen LogP contribution in [0.4, 0.5) is 0 Å². The second-order valence-electron chi connectivity index (χ2n) is 5.58. The molecule has 0 fully saturated rings. The first-order valence-corrected chi connectivity index (χ1v) is 7.14. The molecule has 0 radical (unpaired) electrons. The van der Waals surface area contributed by atoms with Gasteiger partial charge in [0, 0.05) is 18.0 Å². The Balaban J connectivity index is 1.93. The van der Waals surface area contributed by atoms with E-state index in [1.807, 2.05) is 24.4 Å². The van der Waals surface area contributed by atoms with Gasteiger partial charge in [-0.05, 0) is 32.0 Å². The summed E-state index contributed by atoms with van der Waals surface area (Å²) in [5.41, 5.74) is 1.77. The summed E-state index contributed by atoms with van der Waals surface area (Å²) >= 11 is 0. The molecule has 1 aromatic heterocycles. The maximum Gasteiger partial charge on any atom is 0.143 e. The van der Waals surface area contributed by atoms with E-state index in [1.54, 1.807) is 13.4 Å². The summed E-state index contributed by atoms with van der Waals surface area (Å²) in [5.74, 6) is 1.43. The van der Waals surface area contributed by atoms with Crippen LogP contribution in [-0.4, -0.2) is 21.8 Å². The van der Waals surface area contributed by atoms with Crippen LogP contribution < -0.4 is 9.47 Å². The normalized spacial score (nSPS) is 21.0. The Morgan fingerprint density at radius 1 is 1.43 bits per heavy atom. The minimum absolute atomic E-state index is 0.189. The first-order chi connectivity index (χ1) is 10.1.